The Labute approximate surface area is 103 Å². The fourth-order valence-electron chi connectivity index (χ4n) is 1.26. The Morgan fingerprint density at radius 1 is 1.53 bits per heavy atom. The summed E-state index contributed by atoms with van der Waals surface area (Å²) in [5.41, 5.74) is 0. The van der Waals surface area contributed by atoms with Crippen LogP contribution in [0.4, 0.5) is 0 Å². The molecule has 1 unspecified atom stereocenters. The van der Waals surface area contributed by atoms with Crippen LogP contribution in [-0.2, 0) is 13.6 Å². The summed E-state index contributed by atoms with van der Waals surface area (Å²) in [5.74, 6) is 1.68. The van der Waals surface area contributed by atoms with Crippen LogP contribution in [-0.4, -0.2) is 33.3 Å². The van der Waals surface area contributed by atoms with E-state index in [4.69, 9.17) is 0 Å². The number of hydrogen-bond acceptors (Lipinski definition) is 3. The predicted octanol–water partition coefficient (Wildman–Crippen LogP) is 0.669. The van der Waals surface area contributed by atoms with Crippen molar-refractivity contribution in [3.05, 3.63) is 12.2 Å². The van der Waals surface area contributed by atoms with E-state index < -0.39 is 0 Å². The summed E-state index contributed by atoms with van der Waals surface area (Å²) in [7, 11) is 1.92. The van der Waals surface area contributed by atoms with Crippen LogP contribution in [0.2, 0.25) is 0 Å². The Morgan fingerprint density at radius 2 is 2.29 bits per heavy atom. The van der Waals surface area contributed by atoms with E-state index in [-0.39, 0.29) is 0 Å². The molecule has 0 saturated carbocycles. The Balaban J connectivity index is 2.60. The average Bonchev–Trinajstić information content (AvgIpc) is 2.72. The first-order chi connectivity index (χ1) is 8.17. The van der Waals surface area contributed by atoms with Gasteiger partial charge in [-0.15, -0.1) is 10.2 Å². The zero-order valence-electron chi connectivity index (χ0n) is 11.1. The van der Waals surface area contributed by atoms with Crippen molar-refractivity contribution >= 4 is 5.96 Å². The summed E-state index contributed by atoms with van der Waals surface area (Å²) in [6, 6.07) is 0.410. The van der Waals surface area contributed by atoms with Gasteiger partial charge in [0.05, 0.1) is 0 Å². The molecule has 1 heterocycles. The van der Waals surface area contributed by atoms with Crippen molar-refractivity contribution in [2.45, 2.75) is 39.8 Å². The third-order valence-corrected chi connectivity index (χ3v) is 2.52. The van der Waals surface area contributed by atoms with Crippen molar-refractivity contribution in [1.29, 1.82) is 0 Å². The highest BCUT2D eigenvalue weighted by Gasteiger charge is 2.04. The lowest BCUT2D eigenvalue weighted by molar-refractivity contribution is 0.623. The maximum Gasteiger partial charge on any atom is 0.191 e. The molecule has 6 heteroatoms. The summed E-state index contributed by atoms with van der Waals surface area (Å²) in [5, 5.41) is 14.4. The molecule has 0 amide bonds. The van der Waals surface area contributed by atoms with Crippen molar-refractivity contribution < 1.29 is 0 Å². The van der Waals surface area contributed by atoms with Gasteiger partial charge in [0.25, 0.3) is 0 Å². The van der Waals surface area contributed by atoms with Crippen LogP contribution in [0.1, 0.15) is 33.0 Å². The molecule has 1 rings (SSSR count). The molecule has 17 heavy (non-hydrogen) atoms. The number of guanidine groups is 1. The highest BCUT2D eigenvalue weighted by Crippen LogP contribution is 1.94. The normalized spacial score (nSPS) is 13.5. The quantitative estimate of drug-likeness (QED) is 0.584. The Hall–Kier alpha value is -1.59. The van der Waals surface area contributed by atoms with Crippen LogP contribution in [0, 0.1) is 0 Å². The van der Waals surface area contributed by atoms with Gasteiger partial charge in [-0.3, -0.25) is 0 Å². The summed E-state index contributed by atoms with van der Waals surface area (Å²) >= 11 is 0. The molecule has 0 aromatic carbocycles. The van der Waals surface area contributed by atoms with Crippen LogP contribution < -0.4 is 10.6 Å². The number of aryl methyl sites for hydroxylation is 1. The van der Waals surface area contributed by atoms with E-state index in [1.807, 2.05) is 11.6 Å². The van der Waals surface area contributed by atoms with E-state index in [0.29, 0.717) is 12.6 Å². The highest BCUT2D eigenvalue weighted by molar-refractivity contribution is 5.79. The molecule has 0 spiro atoms. The molecule has 1 atom stereocenters. The zero-order valence-corrected chi connectivity index (χ0v) is 11.1. The van der Waals surface area contributed by atoms with Gasteiger partial charge in [0.2, 0.25) is 0 Å². The minimum atomic E-state index is 0.410. The molecule has 6 nitrogen and oxygen atoms in total. The van der Waals surface area contributed by atoms with Gasteiger partial charge in [-0.2, -0.15) is 0 Å². The van der Waals surface area contributed by atoms with Crippen molar-refractivity contribution in [3.63, 3.8) is 0 Å². The maximum absolute atomic E-state index is 4.48. The molecule has 1 aromatic heterocycles. The van der Waals surface area contributed by atoms with E-state index in [2.05, 4.69) is 46.6 Å². The number of hydrogen-bond donors (Lipinski definition) is 2. The molecule has 0 fully saturated rings. The second-order valence-corrected chi connectivity index (χ2v) is 4.01. The molecular formula is C11H22N6. The first kappa shape index (κ1) is 13.5. The first-order valence-corrected chi connectivity index (χ1v) is 6.05. The minimum absolute atomic E-state index is 0.410. The van der Waals surface area contributed by atoms with Gasteiger partial charge in [0.1, 0.15) is 12.9 Å². The van der Waals surface area contributed by atoms with Gasteiger partial charge in [-0.25, -0.2) is 4.99 Å². The molecule has 0 aliphatic heterocycles. The monoisotopic (exact) mass is 238 g/mol. The van der Waals surface area contributed by atoms with Crippen molar-refractivity contribution in [1.82, 2.24) is 25.4 Å². The van der Waals surface area contributed by atoms with E-state index in [9.17, 15) is 0 Å². The number of aliphatic imine (C=N–C) groups is 1. The molecule has 2 N–H and O–H groups in total. The molecule has 1 aromatic rings. The lowest BCUT2D eigenvalue weighted by Crippen LogP contribution is -2.42. The smallest absolute Gasteiger partial charge is 0.191 e. The van der Waals surface area contributed by atoms with Crippen molar-refractivity contribution in [3.8, 4) is 0 Å². The fraction of sp³-hybridized carbons (Fsp3) is 0.727. The number of rotatable bonds is 5. The minimum Gasteiger partial charge on any atom is -0.357 e. The lowest BCUT2D eigenvalue weighted by Gasteiger charge is -2.15. The first-order valence-electron chi connectivity index (χ1n) is 6.05. The molecule has 0 aliphatic carbocycles. The Kier molecular flexibility index (Phi) is 5.45. The molecule has 96 valence electrons. The second kappa shape index (κ2) is 6.88. The topological polar surface area (TPSA) is 67.1 Å². The summed E-state index contributed by atoms with van der Waals surface area (Å²) in [4.78, 5) is 4.48. The molecule has 0 bridgehead atoms. The Morgan fingerprint density at radius 3 is 2.82 bits per heavy atom. The van der Waals surface area contributed by atoms with Gasteiger partial charge >= 0.3 is 0 Å². The SMILES string of the molecule is CCNC(=NCc1nncn1C)NC(C)CC. The Bertz CT molecular complexity index is 357. The fourth-order valence-corrected chi connectivity index (χ4v) is 1.26. The van der Waals surface area contributed by atoms with Gasteiger partial charge in [-0.1, -0.05) is 6.92 Å². The molecule has 0 radical (unpaired) electrons. The maximum atomic E-state index is 4.48. The van der Waals surface area contributed by atoms with Gasteiger partial charge in [0, 0.05) is 19.6 Å². The third kappa shape index (κ3) is 4.42. The molecular weight excluding hydrogens is 216 g/mol. The number of nitrogens with zero attached hydrogens (tertiary/aromatic N) is 4. The van der Waals surface area contributed by atoms with Crippen LogP contribution >= 0.6 is 0 Å². The van der Waals surface area contributed by atoms with E-state index in [1.54, 1.807) is 6.33 Å². The summed E-state index contributed by atoms with van der Waals surface area (Å²) in [6.45, 7) is 7.71. The van der Waals surface area contributed by atoms with E-state index >= 15 is 0 Å². The van der Waals surface area contributed by atoms with Crippen LogP contribution in [0.5, 0.6) is 0 Å². The summed E-state index contributed by atoms with van der Waals surface area (Å²) < 4.78 is 1.87. The van der Waals surface area contributed by atoms with E-state index in [0.717, 1.165) is 24.7 Å². The van der Waals surface area contributed by atoms with E-state index in [1.165, 1.54) is 0 Å². The molecule has 0 saturated heterocycles. The standard InChI is InChI=1S/C11H22N6/c1-5-9(3)15-11(12-6-2)13-7-10-16-14-8-17(10)4/h8-9H,5-7H2,1-4H3,(H2,12,13,15). The molecule has 0 aliphatic rings. The zero-order chi connectivity index (χ0) is 12.7. The van der Waals surface area contributed by atoms with Crippen LogP contribution in [0.3, 0.4) is 0 Å². The van der Waals surface area contributed by atoms with Gasteiger partial charge in [-0.05, 0) is 20.3 Å². The predicted molar refractivity (Wildman–Crippen MR) is 68.7 cm³/mol. The number of nitrogens with one attached hydrogen (secondary N) is 2. The van der Waals surface area contributed by atoms with Gasteiger partial charge in [0.15, 0.2) is 11.8 Å². The van der Waals surface area contributed by atoms with Crippen LogP contribution in [0.15, 0.2) is 11.3 Å². The van der Waals surface area contributed by atoms with Crippen molar-refractivity contribution in [2.24, 2.45) is 12.0 Å². The largest absolute Gasteiger partial charge is 0.357 e. The second-order valence-electron chi connectivity index (χ2n) is 4.01. The highest BCUT2D eigenvalue weighted by atomic mass is 15.3. The van der Waals surface area contributed by atoms with Crippen LogP contribution in [0.25, 0.3) is 0 Å². The average molecular weight is 238 g/mol. The lowest BCUT2D eigenvalue weighted by atomic mass is 10.3. The summed E-state index contributed by atoms with van der Waals surface area (Å²) in [6.07, 6.45) is 2.74. The van der Waals surface area contributed by atoms with Gasteiger partial charge < -0.3 is 15.2 Å². The number of aromatic nitrogens is 3. The van der Waals surface area contributed by atoms with Crippen molar-refractivity contribution in [2.75, 3.05) is 6.54 Å². The third-order valence-electron chi connectivity index (χ3n) is 2.52.